The molecule has 3 aromatic rings. The molecule has 0 unspecified atom stereocenters. The van der Waals surface area contributed by atoms with E-state index in [1.807, 2.05) is 25.1 Å². The van der Waals surface area contributed by atoms with Gasteiger partial charge in [-0.2, -0.15) is 0 Å². The van der Waals surface area contributed by atoms with E-state index in [0.29, 0.717) is 17.3 Å². The van der Waals surface area contributed by atoms with Gasteiger partial charge in [-0.05, 0) is 43.5 Å². The van der Waals surface area contributed by atoms with Crippen LogP contribution in [0.2, 0.25) is 0 Å². The Bertz CT molecular complexity index is 975. The zero-order chi connectivity index (χ0) is 18.1. The van der Waals surface area contributed by atoms with Crippen LogP contribution in [0.25, 0.3) is 11.0 Å². The first kappa shape index (κ1) is 18.3. The lowest BCUT2D eigenvalue weighted by Gasteiger charge is -2.12. The smallest absolute Gasteiger partial charge is 0.336 e. The molecule has 6 heteroatoms. The molecule has 0 radical (unpaired) electrons. The number of imidazole rings is 1. The van der Waals surface area contributed by atoms with E-state index in [-0.39, 0.29) is 5.63 Å². The van der Waals surface area contributed by atoms with Crippen LogP contribution in [0.15, 0.2) is 43.1 Å². The van der Waals surface area contributed by atoms with Crippen molar-refractivity contribution in [3.63, 3.8) is 0 Å². The minimum atomic E-state index is -0.320. The number of halogens is 1. The summed E-state index contributed by atoms with van der Waals surface area (Å²) in [5.41, 5.74) is 3.52. The Balaban J connectivity index is 1.93. The van der Waals surface area contributed by atoms with E-state index in [1.54, 1.807) is 17.8 Å². The van der Waals surface area contributed by atoms with Crippen LogP contribution < -0.4 is 5.63 Å². The zero-order valence-electron chi connectivity index (χ0n) is 14.8. The molecule has 0 amide bonds. The highest BCUT2D eigenvalue weighted by atomic mass is 79.9. The number of aromatic nitrogens is 2. The Labute approximate surface area is 159 Å². The van der Waals surface area contributed by atoms with E-state index >= 15 is 0 Å². The van der Waals surface area contributed by atoms with Crippen LogP contribution in [0.1, 0.15) is 30.8 Å². The summed E-state index contributed by atoms with van der Waals surface area (Å²) in [5, 5.41) is 1.97. The first-order valence-corrected chi connectivity index (χ1v) is 10.0. The Hall–Kier alpha value is -1.53. The summed E-state index contributed by atoms with van der Waals surface area (Å²) >= 11 is 5.08. The largest absolute Gasteiger partial charge is 0.423 e. The van der Waals surface area contributed by atoms with E-state index in [1.165, 1.54) is 5.69 Å². The highest BCUT2D eigenvalue weighted by molar-refractivity contribution is 9.10. The average Bonchev–Trinajstić information content (AvgIpc) is 2.79. The van der Waals surface area contributed by atoms with Gasteiger partial charge in [0.2, 0.25) is 0 Å². The second kappa shape index (κ2) is 7.38. The van der Waals surface area contributed by atoms with Gasteiger partial charge in [-0.1, -0.05) is 41.5 Å². The van der Waals surface area contributed by atoms with E-state index < -0.39 is 0 Å². The lowest BCUT2D eigenvalue weighted by atomic mass is 10.1. The summed E-state index contributed by atoms with van der Waals surface area (Å²) in [7, 11) is 0. The molecule has 0 spiro atoms. The number of fused-ring (bicyclic) bond motifs is 1. The maximum Gasteiger partial charge on any atom is 0.336 e. The van der Waals surface area contributed by atoms with Gasteiger partial charge in [0.25, 0.3) is 0 Å². The molecule has 1 aromatic carbocycles. The van der Waals surface area contributed by atoms with Crippen molar-refractivity contribution < 1.29 is 4.42 Å². The first-order valence-electron chi connectivity index (χ1n) is 8.24. The van der Waals surface area contributed by atoms with Crippen LogP contribution in [0.3, 0.4) is 0 Å². The van der Waals surface area contributed by atoms with Crippen LogP contribution >= 0.6 is 27.7 Å². The van der Waals surface area contributed by atoms with E-state index in [9.17, 15) is 4.79 Å². The van der Waals surface area contributed by atoms with E-state index in [4.69, 9.17) is 9.40 Å². The maximum atomic E-state index is 11.9. The number of nitrogens with zero attached hydrogens (tertiary/aromatic N) is 2. The molecule has 2 aromatic heterocycles. The van der Waals surface area contributed by atoms with Crippen molar-refractivity contribution in [2.75, 3.05) is 0 Å². The molecule has 132 valence electrons. The van der Waals surface area contributed by atoms with Gasteiger partial charge in [-0.15, -0.1) is 0 Å². The highest BCUT2D eigenvalue weighted by Crippen LogP contribution is 2.29. The standard InChI is InChI=1S/C19H21BrN2O2S/c1-11(2)9-22-13(4)12(3)21-19(22)25-10-14-7-18(23)24-17-8-15(20)5-6-16(14)17/h5-8,11H,9-10H2,1-4H3. The van der Waals surface area contributed by atoms with Gasteiger partial charge < -0.3 is 8.98 Å². The summed E-state index contributed by atoms with van der Waals surface area (Å²) in [6.07, 6.45) is 0. The SMILES string of the molecule is Cc1nc(SCc2cc(=O)oc3cc(Br)ccc23)n(CC(C)C)c1C. The molecule has 0 aliphatic heterocycles. The normalized spacial score (nSPS) is 11.6. The molecular formula is C19H21BrN2O2S. The molecule has 3 rings (SSSR count). The minimum absolute atomic E-state index is 0.320. The molecule has 0 aliphatic rings. The Kier molecular flexibility index (Phi) is 5.39. The molecule has 0 atom stereocenters. The lowest BCUT2D eigenvalue weighted by molar-refractivity contribution is 0.486. The van der Waals surface area contributed by atoms with Crippen LogP contribution in [0.5, 0.6) is 0 Å². The van der Waals surface area contributed by atoms with Crippen LogP contribution in [-0.4, -0.2) is 9.55 Å². The summed E-state index contributed by atoms with van der Waals surface area (Å²) in [4.78, 5) is 16.6. The quantitative estimate of drug-likeness (QED) is 0.414. The Morgan fingerprint density at radius 1 is 1.28 bits per heavy atom. The van der Waals surface area contributed by atoms with Crippen molar-refractivity contribution in [1.82, 2.24) is 9.55 Å². The average molecular weight is 421 g/mol. The highest BCUT2D eigenvalue weighted by Gasteiger charge is 2.14. The van der Waals surface area contributed by atoms with Crippen molar-refractivity contribution in [3.05, 3.63) is 56.1 Å². The second-order valence-electron chi connectivity index (χ2n) is 6.59. The van der Waals surface area contributed by atoms with Gasteiger partial charge in [0.15, 0.2) is 5.16 Å². The van der Waals surface area contributed by atoms with E-state index in [2.05, 4.69) is 41.3 Å². The molecule has 0 N–H and O–H groups in total. The predicted octanol–water partition coefficient (Wildman–Crippen LogP) is 5.32. The van der Waals surface area contributed by atoms with Crippen LogP contribution in [0.4, 0.5) is 0 Å². The van der Waals surface area contributed by atoms with Crippen LogP contribution in [0, 0.1) is 19.8 Å². The third kappa shape index (κ3) is 4.01. The molecule has 0 fully saturated rings. The van der Waals surface area contributed by atoms with Gasteiger partial charge in [-0.25, -0.2) is 9.78 Å². The van der Waals surface area contributed by atoms with Gasteiger partial charge in [-0.3, -0.25) is 0 Å². The number of hydrogen-bond acceptors (Lipinski definition) is 4. The summed E-state index contributed by atoms with van der Waals surface area (Å²) in [6, 6.07) is 7.36. The first-order chi connectivity index (χ1) is 11.8. The minimum Gasteiger partial charge on any atom is -0.423 e. The van der Waals surface area contributed by atoms with Crippen molar-refractivity contribution in [2.24, 2.45) is 5.92 Å². The molecule has 0 aliphatic carbocycles. The fourth-order valence-corrected chi connectivity index (χ4v) is 4.21. The number of aryl methyl sites for hydroxylation is 1. The third-order valence-corrected chi connectivity index (χ3v) is 5.64. The molecule has 2 heterocycles. The summed E-state index contributed by atoms with van der Waals surface area (Å²) in [5.74, 6) is 1.23. The monoisotopic (exact) mass is 420 g/mol. The fourth-order valence-electron chi connectivity index (χ4n) is 2.78. The molecule has 25 heavy (non-hydrogen) atoms. The number of benzene rings is 1. The Morgan fingerprint density at radius 2 is 2.04 bits per heavy atom. The zero-order valence-corrected chi connectivity index (χ0v) is 17.2. The summed E-state index contributed by atoms with van der Waals surface area (Å²) < 4.78 is 8.49. The van der Waals surface area contributed by atoms with Crippen LogP contribution in [-0.2, 0) is 12.3 Å². The molecule has 4 nitrogen and oxygen atoms in total. The van der Waals surface area contributed by atoms with Crippen molar-refractivity contribution >= 4 is 38.7 Å². The number of hydrogen-bond donors (Lipinski definition) is 0. The topological polar surface area (TPSA) is 48.0 Å². The van der Waals surface area contributed by atoms with Crippen molar-refractivity contribution in [2.45, 2.75) is 45.1 Å². The Morgan fingerprint density at radius 3 is 2.76 bits per heavy atom. The van der Waals surface area contributed by atoms with Gasteiger partial charge in [0.1, 0.15) is 5.58 Å². The number of rotatable bonds is 5. The van der Waals surface area contributed by atoms with Crippen molar-refractivity contribution in [1.29, 1.82) is 0 Å². The summed E-state index contributed by atoms with van der Waals surface area (Å²) in [6.45, 7) is 9.51. The van der Waals surface area contributed by atoms with E-state index in [0.717, 1.165) is 32.8 Å². The lowest BCUT2D eigenvalue weighted by Crippen LogP contribution is -2.08. The maximum absolute atomic E-state index is 11.9. The van der Waals surface area contributed by atoms with Crippen molar-refractivity contribution in [3.8, 4) is 0 Å². The van der Waals surface area contributed by atoms with Gasteiger partial charge in [0, 0.05) is 33.9 Å². The third-order valence-electron chi connectivity index (χ3n) is 4.12. The van der Waals surface area contributed by atoms with Gasteiger partial charge >= 0.3 is 5.63 Å². The molecule has 0 saturated heterocycles. The predicted molar refractivity (Wildman–Crippen MR) is 106 cm³/mol. The molecular weight excluding hydrogens is 400 g/mol. The van der Waals surface area contributed by atoms with Gasteiger partial charge in [0.05, 0.1) is 5.69 Å². The second-order valence-corrected chi connectivity index (χ2v) is 8.45. The molecule has 0 saturated carbocycles. The fraction of sp³-hybridized carbons (Fsp3) is 0.368. The number of thioether (sulfide) groups is 1. The molecule has 0 bridgehead atoms.